The molecule has 2 fully saturated rings. The van der Waals surface area contributed by atoms with Gasteiger partial charge in [0.15, 0.2) is 5.11 Å². The fraction of sp³-hybridized carbons (Fsp3) is 0.611. The van der Waals surface area contributed by atoms with E-state index < -0.39 is 0 Å². The van der Waals surface area contributed by atoms with Gasteiger partial charge in [-0.05, 0) is 42.8 Å². The quantitative estimate of drug-likeness (QED) is 0.818. The van der Waals surface area contributed by atoms with E-state index in [4.69, 9.17) is 21.7 Å². The molecular formula is C18H27N3O2S. The van der Waals surface area contributed by atoms with Crippen molar-refractivity contribution >= 4 is 17.3 Å². The summed E-state index contributed by atoms with van der Waals surface area (Å²) in [6, 6.07) is 8.32. The highest BCUT2D eigenvalue weighted by Crippen LogP contribution is 2.14. The van der Waals surface area contributed by atoms with Gasteiger partial charge < -0.3 is 19.7 Å². The Kier molecular flexibility index (Phi) is 6.29. The number of nitrogens with one attached hydrogen (secondary N) is 1. The van der Waals surface area contributed by atoms with E-state index >= 15 is 0 Å². The van der Waals surface area contributed by atoms with E-state index in [0.717, 1.165) is 63.2 Å². The maximum Gasteiger partial charge on any atom is 0.169 e. The van der Waals surface area contributed by atoms with E-state index in [0.29, 0.717) is 6.10 Å². The summed E-state index contributed by atoms with van der Waals surface area (Å²) in [4.78, 5) is 4.75. The number of hydrogen-bond donors (Lipinski definition) is 1. The van der Waals surface area contributed by atoms with Crippen LogP contribution in [-0.4, -0.2) is 67.5 Å². The van der Waals surface area contributed by atoms with Crippen LogP contribution in [0, 0.1) is 0 Å². The second kappa shape index (κ2) is 8.65. The van der Waals surface area contributed by atoms with E-state index in [1.165, 1.54) is 12.0 Å². The molecule has 132 valence electrons. The van der Waals surface area contributed by atoms with Gasteiger partial charge >= 0.3 is 0 Å². The minimum absolute atomic E-state index is 0.333. The fourth-order valence-electron chi connectivity index (χ4n) is 3.22. The lowest BCUT2D eigenvalue weighted by Gasteiger charge is -2.36. The Morgan fingerprint density at radius 1 is 1.25 bits per heavy atom. The first-order valence-electron chi connectivity index (χ1n) is 8.74. The van der Waals surface area contributed by atoms with Crippen molar-refractivity contribution in [3.63, 3.8) is 0 Å². The van der Waals surface area contributed by atoms with Crippen LogP contribution in [0.4, 0.5) is 0 Å². The molecular weight excluding hydrogens is 322 g/mol. The molecule has 5 nitrogen and oxygen atoms in total. The number of ether oxygens (including phenoxy) is 2. The molecule has 2 aliphatic rings. The monoisotopic (exact) mass is 349 g/mol. The van der Waals surface area contributed by atoms with Crippen molar-refractivity contribution in [2.75, 3.05) is 46.4 Å². The summed E-state index contributed by atoms with van der Waals surface area (Å²) in [6.45, 7) is 6.74. The summed E-state index contributed by atoms with van der Waals surface area (Å²) < 4.78 is 10.8. The lowest BCUT2D eigenvalue weighted by atomic mass is 10.2. The molecule has 0 bridgehead atoms. The van der Waals surface area contributed by atoms with Crippen molar-refractivity contribution in [3.8, 4) is 5.75 Å². The first-order valence-corrected chi connectivity index (χ1v) is 9.15. The standard InChI is InChI=1S/C18H27N3O2S/c1-22-16-6-4-15(5-7-16)14-20-8-10-21(11-9-20)18(24)19-13-17-3-2-12-23-17/h4-7,17H,2-3,8-14H2,1H3,(H,19,24)/t17-/m0/s1. The van der Waals surface area contributed by atoms with Gasteiger partial charge in [-0.1, -0.05) is 12.1 Å². The number of methoxy groups -OCH3 is 1. The molecule has 0 unspecified atom stereocenters. The molecule has 1 aromatic carbocycles. The lowest BCUT2D eigenvalue weighted by molar-refractivity contribution is 0.112. The molecule has 1 aromatic rings. The Balaban J connectivity index is 1.38. The lowest BCUT2D eigenvalue weighted by Crippen LogP contribution is -2.52. The third kappa shape index (κ3) is 4.82. The SMILES string of the molecule is COc1ccc(CN2CCN(C(=S)NC[C@@H]3CCCO3)CC2)cc1. The van der Waals surface area contributed by atoms with Gasteiger partial charge in [0.25, 0.3) is 0 Å². The molecule has 0 spiro atoms. The molecule has 1 N–H and O–H groups in total. The molecule has 0 aromatic heterocycles. The van der Waals surface area contributed by atoms with E-state index in [1.54, 1.807) is 7.11 Å². The second-order valence-electron chi connectivity index (χ2n) is 6.43. The first-order chi connectivity index (χ1) is 11.7. The normalized spacial score (nSPS) is 21.7. The number of thiocarbonyl (C=S) groups is 1. The molecule has 0 amide bonds. The Morgan fingerprint density at radius 2 is 2.00 bits per heavy atom. The zero-order valence-electron chi connectivity index (χ0n) is 14.4. The van der Waals surface area contributed by atoms with E-state index in [-0.39, 0.29) is 0 Å². The smallest absolute Gasteiger partial charge is 0.169 e. The van der Waals surface area contributed by atoms with Crippen LogP contribution in [0.15, 0.2) is 24.3 Å². The Morgan fingerprint density at radius 3 is 2.62 bits per heavy atom. The zero-order chi connectivity index (χ0) is 16.8. The van der Waals surface area contributed by atoms with Crippen LogP contribution in [-0.2, 0) is 11.3 Å². The summed E-state index contributed by atoms with van der Waals surface area (Å²) in [5.41, 5.74) is 1.32. The summed E-state index contributed by atoms with van der Waals surface area (Å²) >= 11 is 5.53. The number of piperazine rings is 1. The predicted octanol–water partition coefficient (Wildman–Crippen LogP) is 1.87. The summed E-state index contributed by atoms with van der Waals surface area (Å²) in [7, 11) is 1.70. The Labute approximate surface area is 149 Å². The van der Waals surface area contributed by atoms with Crippen LogP contribution in [0.1, 0.15) is 18.4 Å². The molecule has 24 heavy (non-hydrogen) atoms. The topological polar surface area (TPSA) is 37.0 Å². The van der Waals surface area contributed by atoms with Crippen LogP contribution in [0.25, 0.3) is 0 Å². The number of benzene rings is 1. The molecule has 3 rings (SSSR count). The van der Waals surface area contributed by atoms with Gasteiger partial charge in [-0.2, -0.15) is 0 Å². The second-order valence-corrected chi connectivity index (χ2v) is 6.82. The van der Waals surface area contributed by atoms with Crippen molar-refractivity contribution in [1.82, 2.24) is 15.1 Å². The highest BCUT2D eigenvalue weighted by molar-refractivity contribution is 7.80. The van der Waals surface area contributed by atoms with Crippen LogP contribution >= 0.6 is 12.2 Å². The molecule has 2 aliphatic heterocycles. The molecule has 0 radical (unpaired) electrons. The number of hydrogen-bond acceptors (Lipinski definition) is 4. The maximum atomic E-state index is 5.63. The highest BCUT2D eigenvalue weighted by Gasteiger charge is 2.20. The van der Waals surface area contributed by atoms with Gasteiger partial charge in [0.05, 0.1) is 13.2 Å². The number of nitrogens with zero attached hydrogens (tertiary/aromatic N) is 2. The zero-order valence-corrected chi connectivity index (χ0v) is 15.2. The first kappa shape index (κ1) is 17.5. The van der Waals surface area contributed by atoms with Crippen molar-refractivity contribution in [2.24, 2.45) is 0 Å². The summed E-state index contributed by atoms with van der Waals surface area (Å²) in [5.74, 6) is 0.909. The van der Waals surface area contributed by atoms with Gasteiger partial charge in [-0.25, -0.2) is 0 Å². The number of rotatable bonds is 5. The predicted molar refractivity (Wildman–Crippen MR) is 99.4 cm³/mol. The highest BCUT2D eigenvalue weighted by atomic mass is 32.1. The maximum absolute atomic E-state index is 5.63. The average Bonchev–Trinajstić information content (AvgIpc) is 3.14. The van der Waals surface area contributed by atoms with E-state index in [9.17, 15) is 0 Å². The molecule has 0 saturated carbocycles. The third-order valence-corrected chi connectivity index (χ3v) is 5.13. The molecule has 2 heterocycles. The van der Waals surface area contributed by atoms with Crippen molar-refractivity contribution < 1.29 is 9.47 Å². The molecule has 1 atom stereocenters. The van der Waals surface area contributed by atoms with Gasteiger partial charge in [0.2, 0.25) is 0 Å². The molecule has 6 heteroatoms. The van der Waals surface area contributed by atoms with Crippen LogP contribution in [0.2, 0.25) is 0 Å². The van der Waals surface area contributed by atoms with E-state index in [1.807, 2.05) is 12.1 Å². The van der Waals surface area contributed by atoms with Gasteiger partial charge in [-0.15, -0.1) is 0 Å². The van der Waals surface area contributed by atoms with E-state index in [2.05, 4.69) is 27.2 Å². The Bertz CT molecular complexity index is 524. The molecule has 2 saturated heterocycles. The van der Waals surface area contributed by atoms with Gasteiger partial charge in [0.1, 0.15) is 5.75 Å². The fourth-order valence-corrected chi connectivity index (χ4v) is 3.48. The van der Waals surface area contributed by atoms with Crippen LogP contribution in [0.5, 0.6) is 5.75 Å². The summed E-state index contributed by atoms with van der Waals surface area (Å²) in [6.07, 6.45) is 2.65. The third-order valence-electron chi connectivity index (χ3n) is 4.73. The van der Waals surface area contributed by atoms with Gasteiger partial charge in [-0.3, -0.25) is 4.90 Å². The average molecular weight is 350 g/mol. The minimum atomic E-state index is 0.333. The van der Waals surface area contributed by atoms with Crippen molar-refractivity contribution in [2.45, 2.75) is 25.5 Å². The summed E-state index contributed by atoms with van der Waals surface area (Å²) in [5, 5.41) is 4.24. The Hall–Kier alpha value is -1.37. The largest absolute Gasteiger partial charge is 0.497 e. The van der Waals surface area contributed by atoms with Crippen molar-refractivity contribution in [1.29, 1.82) is 0 Å². The van der Waals surface area contributed by atoms with Crippen LogP contribution in [0.3, 0.4) is 0 Å². The molecule has 0 aliphatic carbocycles. The minimum Gasteiger partial charge on any atom is -0.497 e. The van der Waals surface area contributed by atoms with Gasteiger partial charge in [0, 0.05) is 45.9 Å². The van der Waals surface area contributed by atoms with Crippen LogP contribution < -0.4 is 10.1 Å². The van der Waals surface area contributed by atoms with Crippen molar-refractivity contribution in [3.05, 3.63) is 29.8 Å².